The van der Waals surface area contributed by atoms with Crippen LogP contribution in [0.2, 0.25) is 0 Å². The van der Waals surface area contributed by atoms with E-state index in [1.807, 2.05) is 0 Å². The lowest BCUT2D eigenvalue weighted by atomic mass is 9.95. The minimum atomic E-state index is 0.812. The first-order chi connectivity index (χ1) is 7.68. The maximum atomic E-state index is 3.70. The van der Waals surface area contributed by atoms with Crippen LogP contribution in [0.15, 0.2) is 0 Å². The summed E-state index contributed by atoms with van der Waals surface area (Å²) in [5.41, 5.74) is 0. The molecular weight excluding hydrogens is 196 g/mol. The van der Waals surface area contributed by atoms with Crippen LogP contribution in [0.1, 0.15) is 52.4 Å². The first-order valence-electron chi connectivity index (χ1n) is 7.10. The second kappa shape index (κ2) is 8.08. The lowest BCUT2D eigenvalue weighted by molar-refractivity contribution is 0.291. The van der Waals surface area contributed by atoms with Crippen LogP contribution in [-0.4, -0.2) is 37.6 Å². The third kappa shape index (κ3) is 6.49. The van der Waals surface area contributed by atoms with E-state index in [4.69, 9.17) is 0 Å². The first-order valence-corrected chi connectivity index (χ1v) is 7.10. The molecule has 0 radical (unpaired) electrons. The Morgan fingerprint density at radius 3 is 2.44 bits per heavy atom. The van der Waals surface area contributed by atoms with Gasteiger partial charge in [0.15, 0.2) is 0 Å². The van der Waals surface area contributed by atoms with Gasteiger partial charge in [-0.05, 0) is 38.8 Å². The van der Waals surface area contributed by atoms with E-state index in [2.05, 4.69) is 31.1 Å². The summed E-state index contributed by atoms with van der Waals surface area (Å²) in [6, 6.07) is 0.812. The minimum Gasteiger partial charge on any atom is -0.313 e. The van der Waals surface area contributed by atoms with Crippen molar-refractivity contribution in [2.45, 2.75) is 58.4 Å². The highest BCUT2D eigenvalue weighted by molar-refractivity contribution is 4.72. The monoisotopic (exact) mass is 226 g/mol. The molecule has 1 saturated carbocycles. The third-order valence-corrected chi connectivity index (χ3v) is 3.62. The molecule has 0 aromatic heterocycles. The Hall–Kier alpha value is -0.0800. The normalized spacial score (nSPS) is 18.6. The van der Waals surface area contributed by atoms with Crippen molar-refractivity contribution in [3.8, 4) is 0 Å². The van der Waals surface area contributed by atoms with Gasteiger partial charge >= 0.3 is 0 Å². The molecular formula is C14H30N2. The molecule has 0 aliphatic heterocycles. The van der Waals surface area contributed by atoms with E-state index in [0.29, 0.717) is 0 Å². The smallest absolute Gasteiger partial charge is 0.0104 e. The molecule has 2 heteroatoms. The standard InChI is InChI=1S/C14H30N2/c1-13(2)9-11-16(3)12-10-15-14-7-5-4-6-8-14/h13-15H,4-12H2,1-3H3. The number of rotatable bonds is 7. The summed E-state index contributed by atoms with van der Waals surface area (Å²) in [5, 5.41) is 3.70. The van der Waals surface area contributed by atoms with Crippen LogP contribution in [0.5, 0.6) is 0 Å². The summed E-state index contributed by atoms with van der Waals surface area (Å²) in [5.74, 6) is 0.828. The minimum absolute atomic E-state index is 0.812. The van der Waals surface area contributed by atoms with Crippen molar-refractivity contribution < 1.29 is 0 Å². The van der Waals surface area contributed by atoms with Gasteiger partial charge in [0.25, 0.3) is 0 Å². The van der Waals surface area contributed by atoms with E-state index >= 15 is 0 Å². The predicted octanol–water partition coefficient (Wildman–Crippen LogP) is 2.89. The Labute approximate surface area is 102 Å². The van der Waals surface area contributed by atoms with E-state index in [1.54, 1.807) is 0 Å². The van der Waals surface area contributed by atoms with Gasteiger partial charge in [0.05, 0.1) is 0 Å². The number of nitrogens with zero attached hydrogens (tertiary/aromatic N) is 1. The molecule has 0 amide bonds. The van der Waals surface area contributed by atoms with Gasteiger partial charge in [-0.15, -0.1) is 0 Å². The average molecular weight is 226 g/mol. The van der Waals surface area contributed by atoms with Crippen molar-refractivity contribution in [2.75, 3.05) is 26.7 Å². The van der Waals surface area contributed by atoms with E-state index in [-0.39, 0.29) is 0 Å². The van der Waals surface area contributed by atoms with Crippen molar-refractivity contribution in [3.63, 3.8) is 0 Å². The van der Waals surface area contributed by atoms with Gasteiger partial charge in [-0.2, -0.15) is 0 Å². The average Bonchev–Trinajstić information content (AvgIpc) is 2.28. The third-order valence-electron chi connectivity index (χ3n) is 3.62. The van der Waals surface area contributed by atoms with Crippen LogP contribution < -0.4 is 5.32 Å². The predicted molar refractivity (Wildman–Crippen MR) is 71.8 cm³/mol. The second-order valence-electron chi connectivity index (χ2n) is 5.77. The Bertz CT molecular complexity index is 162. The summed E-state index contributed by atoms with van der Waals surface area (Å²) in [6.45, 7) is 8.20. The molecule has 1 rings (SSSR count). The summed E-state index contributed by atoms with van der Waals surface area (Å²) >= 11 is 0. The summed E-state index contributed by atoms with van der Waals surface area (Å²) in [4.78, 5) is 2.45. The van der Waals surface area contributed by atoms with E-state index in [0.717, 1.165) is 12.0 Å². The fourth-order valence-electron chi connectivity index (χ4n) is 2.36. The molecule has 0 aromatic rings. The van der Waals surface area contributed by atoms with E-state index in [1.165, 1.54) is 58.2 Å². The Morgan fingerprint density at radius 1 is 1.12 bits per heavy atom. The van der Waals surface area contributed by atoms with Gasteiger partial charge in [-0.1, -0.05) is 33.1 Å². The number of hydrogen-bond donors (Lipinski definition) is 1. The molecule has 0 bridgehead atoms. The second-order valence-corrected chi connectivity index (χ2v) is 5.77. The number of nitrogens with one attached hydrogen (secondary N) is 1. The molecule has 0 atom stereocenters. The molecule has 1 fully saturated rings. The lowest BCUT2D eigenvalue weighted by Gasteiger charge is -2.24. The quantitative estimate of drug-likeness (QED) is 0.718. The first kappa shape index (κ1) is 14.0. The van der Waals surface area contributed by atoms with Crippen molar-refractivity contribution in [1.82, 2.24) is 10.2 Å². The molecule has 0 heterocycles. The van der Waals surface area contributed by atoms with Gasteiger partial charge in [-0.3, -0.25) is 0 Å². The van der Waals surface area contributed by atoms with Crippen LogP contribution >= 0.6 is 0 Å². The molecule has 1 aliphatic rings. The van der Waals surface area contributed by atoms with Gasteiger partial charge in [0.1, 0.15) is 0 Å². The van der Waals surface area contributed by atoms with Crippen molar-refractivity contribution in [1.29, 1.82) is 0 Å². The molecule has 16 heavy (non-hydrogen) atoms. The zero-order chi connectivity index (χ0) is 11.8. The molecule has 0 unspecified atom stereocenters. The zero-order valence-corrected chi connectivity index (χ0v) is 11.5. The van der Waals surface area contributed by atoms with Gasteiger partial charge in [0, 0.05) is 19.1 Å². The van der Waals surface area contributed by atoms with Crippen molar-refractivity contribution in [3.05, 3.63) is 0 Å². The van der Waals surface area contributed by atoms with Gasteiger partial charge in [-0.25, -0.2) is 0 Å². The molecule has 0 saturated heterocycles. The van der Waals surface area contributed by atoms with Gasteiger partial charge < -0.3 is 10.2 Å². The van der Waals surface area contributed by atoms with Crippen LogP contribution in [-0.2, 0) is 0 Å². The van der Waals surface area contributed by atoms with Crippen LogP contribution in [0, 0.1) is 5.92 Å². The fourth-order valence-corrected chi connectivity index (χ4v) is 2.36. The fraction of sp³-hybridized carbons (Fsp3) is 1.00. The van der Waals surface area contributed by atoms with Crippen molar-refractivity contribution in [2.24, 2.45) is 5.92 Å². The number of hydrogen-bond acceptors (Lipinski definition) is 2. The van der Waals surface area contributed by atoms with E-state index in [9.17, 15) is 0 Å². The van der Waals surface area contributed by atoms with Gasteiger partial charge in [0.2, 0.25) is 0 Å². The number of likely N-dealkylation sites (N-methyl/N-ethyl adjacent to an activating group) is 1. The highest BCUT2D eigenvalue weighted by Crippen LogP contribution is 2.16. The van der Waals surface area contributed by atoms with Crippen LogP contribution in [0.4, 0.5) is 0 Å². The Kier molecular flexibility index (Phi) is 7.06. The van der Waals surface area contributed by atoms with E-state index < -0.39 is 0 Å². The maximum Gasteiger partial charge on any atom is 0.0104 e. The van der Waals surface area contributed by atoms with Crippen LogP contribution in [0.3, 0.4) is 0 Å². The highest BCUT2D eigenvalue weighted by atomic mass is 15.1. The molecule has 96 valence electrons. The molecule has 0 aromatic carbocycles. The summed E-state index contributed by atoms with van der Waals surface area (Å²) in [6.07, 6.45) is 8.43. The van der Waals surface area contributed by atoms with Crippen LogP contribution in [0.25, 0.3) is 0 Å². The maximum absolute atomic E-state index is 3.70. The summed E-state index contributed by atoms with van der Waals surface area (Å²) < 4.78 is 0. The molecule has 1 aliphatic carbocycles. The molecule has 2 nitrogen and oxygen atoms in total. The summed E-state index contributed by atoms with van der Waals surface area (Å²) in [7, 11) is 2.24. The zero-order valence-electron chi connectivity index (χ0n) is 11.5. The lowest BCUT2D eigenvalue weighted by Crippen LogP contribution is -2.37. The Balaban J connectivity index is 1.96. The molecule has 0 spiro atoms. The SMILES string of the molecule is CC(C)CCN(C)CCNC1CCCCC1. The topological polar surface area (TPSA) is 15.3 Å². The highest BCUT2D eigenvalue weighted by Gasteiger charge is 2.12. The largest absolute Gasteiger partial charge is 0.313 e. The Morgan fingerprint density at radius 2 is 1.81 bits per heavy atom. The molecule has 1 N–H and O–H groups in total. The van der Waals surface area contributed by atoms with Crippen molar-refractivity contribution >= 4 is 0 Å².